The second-order valence-corrected chi connectivity index (χ2v) is 7.55. The minimum absolute atomic E-state index is 0.0673. The van der Waals surface area contributed by atoms with Gasteiger partial charge in [0.25, 0.3) is 5.91 Å². The maximum Gasteiger partial charge on any atom is 0.255 e. The van der Waals surface area contributed by atoms with Crippen molar-refractivity contribution in [3.05, 3.63) is 84.2 Å². The first kappa shape index (κ1) is 18.2. The molecule has 1 aromatic heterocycles. The van der Waals surface area contributed by atoms with E-state index in [9.17, 15) is 4.79 Å². The number of amides is 1. The van der Waals surface area contributed by atoms with E-state index < -0.39 is 0 Å². The van der Waals surface area contributed by atoms with E-state index in [1.807, 2.05) is 37.3 Å². The molecule has 1 aliphatic heterocycles. The van der Waals surface area contributed by atoms with E-state index in [0.717, 1.165) is 36.3 Å². The van der Waals surface area contributed by atoms with E-state index >= 15 is 0 Å². The molecule has 1 amide bonds. The number of nitrogens with zero attached hydrogens (tertiary/aromatic N) is 3. The van der Waals surface area contributed by atoms with Crippen LogP contribution < -0.4 is 4.90 Å². The highest BCUT2D eigenvalue weighted by atomic mass is 16.2. The van der Waals surface area contributed by atoms with E-state index in [1.165, 1.54) is 5.56 Å². The molecule has 0 saturated carbocycles. The van der Waals surface area contributed by atoms with Gasteiger partial charge in [-0.25, -0.2) is 0 Å². The highest BCUT2D eigenvalue weighted by Crippen LogP contribution is 2.29. The highest BCUT2D eigenvalue weighted by Gasteiger charge is 2.28. The molecule has 0 N–H and O–H groups in total. The molecule has 1 saturated heterocycles. The molecule has 0 spiro atoms. The number of carbonyl (C=O) groups is 1. The Labute approximate surface area is 166 Å². The van der Waals surface area contributed by atoms with Crippen LogP contribution in [0.2, 0.25) is 0 Å². The van der Waals surface area contributed by atoms with E-state index in [4.69, 9.17) is 0 Å². The van der Waals surface area contributed by atoms with Gasteiger partial charge in [0.2, 0.25) is 0 Å². The van der Waals surface area contributed by atoms with Gasteiger partial charge in [-0.3, -0.25) is 9.78 Å². The van der Waals surface area contributed by atoms with Crippen molar-refractivity contribution in [3.63, 3.8) is 0 Å². The van der Waals surface area contributed by atoms with Crippen LogP contribution in [0.1, 0.15) is 28.3 Å². The molecule has 0 radical (unpaired) electrons. The van der Waals surface area contributed by atoms with Crippen molar-refractivity contribution in [2.45, 2.75) is 12.3 Å². The van der Waals surface area contributed by atoms with Crippen molar-refractivity contribution < 1.29 is 4.79 Å². The van der Waals surface area contributed by atoms with Crippen LogP contribution in [0.5, 0.6) is 0 Å². The lowest BCUT2D eigenvalue weighted by molar-refractivity contribution is 0.0790. The van der Waals surface area contributed by atoms with Crippen LogP contribution in [0.25, 0.3) is 11.1 Å². The van der Waals surface area contributed by atoms with Gasteiger partial charge in [0.1, 0.15) is 0 Å². The molecule has 0 aliphatic carbocycles. The molecule has 142 valence electrons. The average molecular weight is 371 g/mol. The Morgan fingerprint density at radius 2 is 1.75 bits per heavy atom. The smallest absolute Gasteiger partial charge is 0.255 e. The Morgan fingerprint density at radius 1 is 1.00 bits per heavy atom. The van der Waals surface area contributed by atoms with E-state index in [1.54, 1.807) is 6.20 Å². The van der Waals surface area contributed by atoms with Gasteiger partial charge in [-0.05, 0) is 35.7 Å². The van der Waals surface area contributed by atoms with Crippen molar-refractivity contribution in [2.75, 3.05) is 32.1 Å². The predicted molar refractivity (Wildman–Crippen MR) is 114 cm³/mol. The number of hydrogen-bond acceptors (Lipinski definition) is 3. The number of pyridine rings is 1. The fraction of sp³-hybridized carbons (Fsp3) is 0.250. The number of anilines is 1. The van der Waals surface area contributed by atoms with Crippen LogP contribution in [0.4, 0.5) is 5.69 Å². The zero-order valence-electron chi connectivity index (χ0n) is 16.4. The molecule has 4 rings (SSSR count). The van der Waals surface area contributed by atoms with Crippen LogP contribution >= 0.6 is 0 Å². The molecule has 4 heteroatoms. The second kappa shape index (κ2) is 7.85. The summed E-state index contributed by atoms with van der Waals surface area (Å²) in [5.41, 5.74) is 5.15. The maximum absolute atomic E-state index is 13.0. The van der Waals surface area contributed by atoms with Gasteiger partial charge in [0.15, 0.2) is 0 Å². The number of aromatic nitrogens is 1. The summed E-state index contributed by atoms with van der Waals surface area (Å²) in [6, 6.07) is 20.7. The average Bonchev–Trinajstić information content (AvgIpc) is 3.24. The van der Waals surface area contributed by atoms with Gasteiger partial charge >= 0.3 is 0 Å². The summed E-state index contributed by atoms with van der Waals surface area (Å²) in [5.74, 6) is 0.484. The molecule has 4 nitrogen and oxygen atoms in total. The van der Waals surface area contributed by atoms with Crippen LogP contribution in [0.3, 0.4) is 0 Å². The first-order valence-electron chi connectivity index (χ1n) is 9.69. The summed E-state index contributed by atoms with van der Waals surface area (Å²) in [7, 11) is 4.04. The third kappa shape index (κ3) is 3.77. The number of carbonyl (C=O) groups excluding carboxylic acids is 1. The summed E-state index contributed by atoms with van der Waals surface area (Å²) in [6.45, 7) is 1.56. The Hall–Kier alpha value is -3.14. The first-order chi connectivity index (χ1) is 13.6. The molecule has 2 aromatic carbocycles. The fourth-order valence-electron chi connectivity index (χ4n) is 3.79. The van der Waals surface area contributed by atoms with Crippen molar-refractivity contribution in [1.29, 1.82) is 0 Å². The minimum atomic E-state index is 0.0673. The van der Waals surface area contributed by atoms with Crippen molar-refractivity contribution >= 4 is 11.6 Å². The van der Waals surface area contributed by atoms with Crippen LogP contribution in [-0.2, 0) is 0 Å². The van der Waals surface area contributed by atoms with Gasteiger partial charge in [-0.1, -0.05) is 42.5 Å². The molecular formula is C24H25N3O. The normalized spacial score (nSPS) is 16.2. The van der Waals surface area contributed by atoms with E-state index in [-0.39, 0.29) is 5.91 Å². The molecule has 1 fully saturated rings. The Bertz CT molecular complexity index is 951. The standard InChI is InChI=1S/C24H25N3O/c1-26(2)23-10-8-19(9-11-23)21-14-22(16-25-15-21)24(28)27-13-12-20(17-27)18-6-4-3-5-7-18/h3-11,14-16,20H,12-13,17H2,1-2H3. The Balaban J connectivity index is 1.50. The summed E-state index contributed by atoms with van der Waals surface area (Å²) in [6.07, 6.45) is 4.50. The van der Waals surface area contributed by atoms with Crippen LogP contribution in [0.15, 0.2) is 73.1 Å². The molecule has 1 unspecified atom stereocenters. The molecule has 2 heterocycles. The number of likely N-dealkylation sites (tertiary alicyclic amines) is 1. The first-order valence-corrected chi connectivity index (χ1v) is 9.69. The molecule has 1 atom stereocenters. The maximum atomic E-state index is 13.0. The number of benzene rings is 2. The molecular weight excluding hydrogens is 346 g/mol. The van der Waals surface area contributed by atoms with Crippen molar-refractivity contribution in [3.8, 4) is 11.1 Å². The topological polar surface area (TPSA) is 36.4 Å². The SMILES string of the molecule is CN(C)c1ccc(-c2cncc(C(=O)N3CCC(c4ccccc4)C3)c2)cc1. The summed E-state index contributed by atoms with van der Waals surface area (Å²) in [4.78, 5) is 21.4. The third-order valence-electron chi connectivity index (χ3n) is 5.45. The lowest BCUT2D eigenvalue weighted by atomic mass is 9.99. The minimum Gasteiger partial charge on any atom is -0.378 e. The summed E-state index contributed by atoms with van der Waals surface area (Å²) < 4.78 is 0. The van der Waals surface area contributed by atoms with Gasteiger partial charge in [-0.15, -0.1) is 0 Å². The van der Waals surface area contributed by atoms with Crippen LogP contribution in [0, 0.1) is 0 Å². The van der Waals surface area contributed by atoms with Crippen LogP contribution in [-0.4, -0.2) is 43.0 Å². The number of rotatable bonds is 4. The molecule has 1 aliphatic rings. The predicted octanol–water partition coefficient (Wildman–Crippen LogP) is 4.44. The fourth-order valence-corrected chi connectivity index (χ4v) is 3.79. The molecule has 3 aromatic rings. The van der Waals surface area contributed by atoms with Gasteiger partial charge in [-0.2, -0.15) is 0 Å². The summed E-state index contributed by atoms with van der Waals surface area (Å²) >= 11 is 0. The monoisotopic (exact) mass is 371 g/mol. The van der Waals surface area contributed by atoms with Crippen molar-refractivity contribution in [1.82, 2.24) is 9.88 Å². The lowest BCUT2D eigenvalue weighted by Crippen LogP contribution is -2.28. The zero-order chi connectivity index (χ0) is 19.5. The van der Waals surface area contributed by atoms with E-state index in [0.29, 0.717) is 11.5 Å². The molecule has 0 bridgehead atoms. The van der Waals surface area contributed by atoms with Gasteiger partial charge < -0.3 is 9.80 Å². The third-order valence-corrected chi connectivity index (χ3v) is 5.45. The zero-order valence-corrected chi connectivity index (χ0v) is 16.4. The summed E-state index contributed by atoms with van der Waals surface area (Å²) in [5, 5.41) is 0. The quantitative estimate of drug-likeness (QED) is 0.680. The largest absolute Gasteiger partial charge is 0.378 e. The van der Waals surface area contributed by atoms with Gasteiger partial charge in [0, 0.05) is 56.7 Å². The highest BCUT2D eigenvalue weighted by molar-refractivity contribution is 5.95. The van der Waals surface area contributed by atoms with E-state index in [2.05, 4.69) is 58.4 Å². The van der Waals surface area contributed by atoms with Gasteiger partial charge in [0.05, 0.1) is 5.56 Å². The Kier molecular flexibility index (Phi) is 5.11. The second-order valence-electron chi connectivity index (χ2n) is 7.55. The molecule has 28 heavy (non-hydrogen) atoms. The van der Waals surface area contributed by atoms with Crippen molar-refractivity contribution in [2.24, 2.45) is 0 Å². The number of hydrogen-bond donors (Lipinski definition) is 0. The Morgan fingerprint density at radius 3 is 2.46 bits per heavy atom. The lowest BCUT2D eigenvalue weighted by Gasteiger charge is -2.17.